The zero-order chi connectivity index (χ0) is 10.7. The topological polar surface area (TPSA) is 54.2 Å². The van der Waals surface area contributed by atoms with E-state index in [1.165, 1.54) is 6.39 Å². The second kappa shape index (κ2) is 4.72. The predicted molar refractivity (Wildman–Crippen MR) is 56.2 cm³/mol. The molecular weight excluding hydrogens is 192 g/mol. The van der Waals surface area contributed by atoms with Gasteiger partial charge in [0.25, 0.3) is 0 Å². The van der Waals surface area contributed by atoms with Gasteiger partial charge in [-0.1, -0.05) is 19.0 Å². The fourth-order valence-electron chi connectivity index (χ4n) is 1.89. The van der Waals surface area contributed by atoms with Crippen LogP contribution in [0.25, 0.3) is 0 Å². The van der Waals surface area contributed by atoms with Gasteiger partial charge in [0.05, 0.1) is 6.54 Å². The molecule has 0 spiro atoms. The smallest absolute Gasteiger partial charge is 0.213 e. The summed E-state index contributed by atoms with van der Waals surface area (Å²) in [4.78, 5) is 6.41. The van der Waals surface area contributed by atoms with E-state index in [-0.39, 0.29) is 0 Å². The van der Waals surface area contributed by atoms with Gasteiger partial charge in [-0.15, -0.1) is 0 Å². The summed E-state index contributed by atoms with van der Waals surface area (Å²) in [6, 6.07) is 0.575. The Morgan fingerprint density at radius 1 is 1.67 bits per heavy atom. The summed E-state index contributed by atoms with van der Waals surface area (Å²) in [7, 11) is 0. The van der Waals surface area contributed by atoms with E-state index >= 15 is 0 Å². The molecule has 0 saturated carbocycles. The molecule has 0 amide bonds. The van der Waals surface area contributed by atoms with Gasteiger partial charge in [0.2, 0.25) is 6.39 Å². The first-order valence-electron chi connectivity index (χ1n) is 5.46. The van der Waals surface area contributed by atoms with Crippen molar-refractivity contribution in [3.05, 3.63) is 12.2 Å². The average molecular weight is 210 g/mol. The van der Waals surface area contributed by atoms with Crippen molar-refractivity contribution in [2.45, 2.75) is 26.4 Å². The van der Waals surface area contributed by atoms with Crippen LogP contribution in [0.5, 0.6) is 0 Å². The standard InChI is InChI=1S/C10H18N4O/c1-8(2)9-5-14(4-3-11-9)6-10-12-7-15-13-10/h7-9,11H,3-6H2,1-2H3. The summed E-state index contributed by atoms with van der Waals surface area (Å²) in [6.07, 6.45) is 1.39. The number of nitrogens with zero attached hydrogens (tertiary/aromatic N) is 3. The Hall–Kier alpha value is -0.940. The highest BCUT2D eigenvalue weighted by Gasteiger charge is 2.22. The Balaban J connectivity index is 1.88. The molecule has 0 aromatic carbocycles. The zero-order valence-electron chi connectivity index (χ0n) is 9.31. The van der Waals surface area contributed by atoms with Crippen molar-refractivity contribution in [3.8, 4) is 0 Å². The van der Waals surface area contributed by atoms with Gasteiger partial charge < -0.3 is 9.84 Å². The number of nitrogens with one attached hydrogen (secondary N) is 1. The largest absolute Gasteiger partial charge is 0.343 e. The Morgan fingerprint density at radius 3 is 3.20 bits per heavy atom. The Morgan fingerprint density at radius 2 is 2.53 bits per heavy atom. The third kappa shape index (κ3) is 2.76. The minimum atomic E-state index is 0.575. The Kier molecular flexibility index (Phi) is 3.33. The van der Waals surface area contributed by atoms with Crippen LogP contribution in [-0.2, 0) is 6.54 Å². The van der Waals surface area contributed by atoms with E-state index in [4.69, 9.17) is 4.52 Å². The normalized spacial score (nSPS) is 23.5. The summed E-state index contributed by atoms with van der Waals surface area (Å²) >= 11 is 0. The third-order valence-electron chi connectivity index (χ3n) is 2.87. The average Bonchev–Trinajstić information content (AvgIpc) is 2.71. The van der Waals surface area contributed by atoms with Gasteiger partial charge in [-0.2, -0.15) is 4.98 Å². The zero-order valence-corrected chi connectivity index (χ0v) is 9.31. The maximum Gasteiger partial charge on any atom is 0.213 e. The fraction of sp³-hybridized carbons (Fsp3) is 0.800. The Bertz CT molecular complexity index is 286. The lowest BCUT2D eigenvalue weighted by Gasteiger charge is -2.35. The highest BCUT2D eigenvalue weighted by Crippen LogP contribution is 2.09. The second-order valence-corrected chi connectivity index (χ2v) is 4.39. The molecule has 5 nitrogen and oxygen atoms in total. The molecule has 0 aliphatic carbocycles. The first kappa shape index (κ1) is 10.6. The van der Waals surface area contributed by atoms with Crippen molar-refractivity contribution in [1.29, 1.82) is 0 Å². The van der Waals surface area contributed by atoms with Gasteiger partial charge in [-0.25, -0.2) is 0 Å². The van der Waals surface area contributed by atoms with Crippen LogP contribution in [-0.4, -0.2) is 40.7 Å². The van der Waals surface area contributed by atoms with Crippen molar-refractivity contribution < 1.29 is 4.52 Å². The molecule has 1 aliphatic rings. The van der Waals surface area contributed by atoms with E-state index in [1.807, 2.05) is 0 Å². The molecule has 1 fully saturated rings. The summed E-state index contributed by atoms with van der Waals surface area (Å²) in [5.74, 6) is 1.44. The molecule has 84 valence electrons. The van der Waals surface area contributed by atoms with E-state index < -0.39 is 0 Å². The first-order chi connectivity index (χ1) is 7.25. The lowest BCUT2D eigenvalue weighted by Crippen LogP contribution is -2.52. The van der Waals surface area contributed by atoms with Crippen LogP contribution >= 0.6 is 0 Å². The molecule has 1 N–H and O–H groups in total. The lowest BCUT2D eigenvalue weighted by molar-refractivity contribution is 0.164. The van der Waals surface area contributed by atoms with Crippen molar-refractivity contribution in [2.24, 2.45) is 5.92 Å². The quantitative estimate of drug-likeness (QED) is 0.787. The van der Waals surface area contributed by atoms with Crippen molar-refractivity contribution >= 4 is 0 Å². The van der Waals surface area contributed by atoms with Gasteiger partial charge >= 0.3 is 0 Å². The van der Waals surface area contributed by atoms with E-state index in [0.717, 1.165) is 32.0 Å². The number of hydrogen-bond acceptors (Lipinski definition) is 5. The number of rotatable bonds is 3. The van der Waals surface area contributed by atoms with E-state index in [1.54, 1.807) is 0 Å². The summed E-state index contributed by atoms with van der Waals surface area (Å²) in [5, 5.41) is 7.35. The van der Waals surface area contributed by atoms with Gasteiger partial charge in [-0.3, -0.25) is 4.90 Å². The van der Waals surface area contributed by atoms with Crippen molar-refractivity contribution in [1.82, 2.24) is 20.4 Å². The molecule has 1 aromatic rings. The summed E-state index contributed by atoms with van der Waals surface area (Å²) < 4.78 is 4.73. The minimum Gasteiger partial charge on any atom is -0.343 e. The van der Waals surface area contributed by atoms with Crippen molar-refractivity contribution in [2.75, 3.05) is 19.6 Å². The first-order valence-corrected chi connectivity index (χ1v) is 5.46. The molecule has 0 radical (unpaired) electrons. The van der Waals surface area contributed by atoms with Crippen LogP contribution < -0.4 is 5.32 Å². The minimum absolute atomic E-state index is 0.575. The lowest BCUT2D eigenvalue weighted by atomic mass is 10.0. The molecule has 2 heterocycles. The number of piperazine rings is 1. The van der Waals surface area contributed by atoms with Crippen LogP contribution in [0.2, 0.25) is 0 Å². The number of aromatic nitrogens is 2. The summed E-state index contributed by atoms with van der Waals surface area (Å²) in [5.41, 5.74) is 0. The van der Waals surface area contributed by atoms with E-state index in [0.29, 0.717) is 12.0 Å². The van der Waals surface area contributed by atoms with Crippen LogP contribution in [0.1, 0.15) is 19.7 Å². The van der Waals surface area contributed by atoms with Crippen LogP contribution in [0.3, 0.4) is 0 Å². The van der Waals surface area contributed by atoms with Crippen LogP contribution in [0.4, 0.5) is 0 Å². The molecule has 1 unspecified atom stereocenters. The molecule has 15 heavy (non-hydrogen) atoms. The molecule has 5 heteroatoms. The molecule has 1 aromatic heterocycles. The van der Waals surface area contributed by atoms with Gasteiger partial charge in [-0.05, 0) is 5.92 Å². The van der Waals surface area contributed by atoms with Crippen molar-refractivity contribution in [3.63, 3.8) is 0 Å². The molecule has 0 bridgehead atoms. The van der Waals surface area contributed by atoms with Gasteiger partial charge in [0.15, 0.2) is 5.82 Å². The van der Waals surface area contributed by atoms with Crippen LogP contribution in [0, 0.1) is 5.92 Å². The summed E-state index contributed by atoms with van der Waals surface area (Å²) in [6.45, 7) is 8.44. The Labute approximate surface area is 89.8 Å². The maximum atomic E-state index is 4.73. The molecule has 1 atom stereocenters. The predicted octanol–water partition coefficient (Wildman–Crippen LogP) is 0.499. The SMILES string of the molecule is CC(C)C1CN(Cc2ncon2)CCN1. The third-order valence-corrected chi connectivity index (χ3v) is 2.87. The monoisotopic (exact) mass is 210 g/mol. The highest BCUT2D eigenvalue weighted by atomic mass is 16.5. The second-order valence-electron chi connectivity index (χ2n) is 4.39. The van der Waals surface area contributed by atoms with E-state index in [9.17, 15) is 0 Å². The van der Waals surface area contributed by atoms with Gasteiger partial charge in [0.1, 0.15) is 0 Å². The molecule has 2 rings (SSSR count). The van der Waals surface area contributed by atoms with Crippen LogP contribution in [0.15, 0.2) is 10.9 Å². The van der Waals surface area contributed by atoms with E-state index in [2.05, 4.69) is 34.2 Å². The molecular formula is C10H18N4O. The molecule has 1 saturated heterocycles. The fourth-order valence-corrected chi connectivity index (χ4v) is 1.89. The highest BCUT2D eigenvalue weighted by molar-refractivity contribution is 4.85. The maximum absolute atomic E-state index is 4.73. The molecule has 1 aliphatic heterocycles. The van der Waals surface area contributed by atoms with Gasteiger partial charge in [0, 0.05) is 25.7 Å². The number of hydrogen-bond donors (Lipinski definition) is 1.